The van der Waals surface area contributed by atoms with E-state index < -0.39 is 5.54 Å². The molecule has 1 saturated heterocycles. The van der Waals surface area contributed by atoms with E-state index >= 15 is 0 Å². The topological polar surface area (TPSA) is 112 Å². The van der Waals surface area contributed by atoms with Crippen molar-refractivity contribution in [1.82, 2.24) is 9.55 Å². The number of nitrogens with two attached hydrogens (primary N) is 1. The zero-order valence-corrected chi connectivity index (χ0v) is 17.2. The zero-order chi connectivity index (χ0) is 19.9. The summed E-state index contributed by atoms with van der Waals surface area (Å²) >= 11 is 3.01. The number of thioether (sulfide) groups is 1. The maximum absolute atomic E-state index is 12.5. The van der Waals surface area contributed by atoms with Gasteiger partial charge in [0.25, 0.3) is 5.91 Å². The van der Waals surface area contributed by atoms with Crippen molar-refractivity contribution in [2.24, 2.45) is 23.7 Å². The first kappa shape index (κ1) is 19.2. The molecule has 8 nitrogen and oxygen atoms in total. The molecule has 2 aromatic heterocycles. The van der Waals surface area contributed by atoms with Crippen molar-refractivity contribution in [3.05, 3.63) is 44.6 Å². The number of amidine groups is 1. The van der Waals surface area contributed by atoms with E-state index in [1.54, 1.807) is 24.2 Å². The molecule has 3 atom stereocenters. The van der Waals surface area contributed by atoms with Crippen molar-refractivity contribution in [2.45, 2.75) is 25.0 Å². The van der Waals surface area contributed by atoms with Gasteiger partial charge in [0.05, 0.1) is 18.3 Å². The monoisotopic (exact) mass is 419 g/mol. The average Bonchev–Trinajstić information content (AvgIpc) is 3.13. The van der Waals surface area contributed by atoms with Crippen molar-refractivity contribution in [3.63, 3.8) is 0 Å². The number of carbonyl (C=O) groups is 1. The molecule has 148 valence electrons. The molecular formula is C18H21N5O3S2. The molecule has 0 unspecified atom stereocenters. The van der Waals surface area contributed by atoms with Crippen LogP contribution in [-0.4, -0.2) is 39.1 Å². The van der Waals surface area contributed by atoms with E-state index in [1.807, 2.05) is 0 Å². The van der Waals surface area contributed by atoms with Gasteiger partial charge in [-0.15, -0.1) is 11.3 Å². The molecule has 4 heterocycles. The number of aromatic nitrogens is 2. The average molecular weight is 420 g/mol. The molecule has 2 aliphatic rings. The van der Waals surface area contributed by atoms with Crippen LogP contribution in [0.25, 0.3) is 0 Å². The first-order valence-electron chi connectivity index (χ1n) is 8.91. The minimum Gasteiger partial charge on any atom is -0.379 e. The van der Waals surface area contributed by atoms with Crippen molar-refractivity contribution in [3.8, 4) is 0 Å². The highest BCUT2D eigenvalue weighted by molar-refractivity contribution is 8.13. The Balaban J connectivity index is 1.59. The molecule has 1 amide bonds. The number of hydrogen-bond donors (Lipinski definition) is 2. The minimum absolute atomic E-state index is 0.171. The summed E-state index contributed by atoms with van der Waals surface area (Å²) in [6.45, 7) is 2.50. The minimum atomic E-state index is -0.591. The van der Waals surface area contributed by atoms with Crippen molar-refractivity contribution >= 4 is 40.0 Å². The van der Waals surface area contributed by atoms with E-state index in [0.29, 0.717) is 23.2 Å². The van der Waals surface area contributed by atoms with Gasteiger partial charge in [-0.3, -0.25) is 9.59 Å². The fourth-order valence-electron chi connectivity index (χ4n) is 3.53. The highest BCUT2D eigenvalue weighted by atomic mass is 32.2. The van der Waals surface area contributed by atoms with E-state index in [2.05, 4.69) is 17.2 Å². The smallest absolute Gasteiger partial charge is 0.258 e. The normalized spacial score (nSPS) is 27.0. The molecule has 0 spiro atoms. The Kier molecular flexibility index (Phi) is 5.02. The Hall–Kier alpha value is -2.17. The number of ether oxygens (including phenoxy) is 1. The van der Waals surface area contributed by atoms with Crippen LogP contribution < -0.4 is 16.6 Å². The molecule has 3 N–H and O–H groups in total. The molecule has 28 heavy (non-hydrogen) atoms. The molecule has 0 radical (unpaired) electrons. The number of aliphatic imine (C=N–C) groups is 1. The standard InChI is InChI=1S/C18H21N5O3S2/c1-10-5-12-7-28-17(19)22-18(12,9-26-10)16-21-13(8-27-16)20-15(25)11-3-4-14(24)23(2)6-11/h3-4,6,8,10,12H,5,7,9H2,1-2H3,(H2,19,22)(H,20,25)/t10-,12-,18-/m0/s1. The molecular weight excluding hydrogens is 398 g/mol. The van der Waals surface area contributed by atoms with E-state index in [-0.39, 0.29) is 23.5 Å². The van der Waals surface area contributed by atoms with Crippen LogP contribution in [0.5, 0.6) is 0 Å². The number of aryl methyl sites for hydroxylation is 1. The highest BCUT2D eigenvalue weighted by Gasteiger charge is 2.49. The fraction of sp³-hybridized carbons (Fsp3) is 0.444. The van der Waals surface area contributed by atoms with Gasteiger partial charge in [-0.1, -0.05) is 11.8 Å². The maximum Gasteiger partial charge on any atom is 0.258 e. The van der Waals surface area contributed by atoms with Crippen molar-refractivity contribution in [2.75, 3.05) is 17.7 Å². The fourth-order valence-corrected chi connectivity index (χ4v) is 5.50. The summed E-state index contributed by atoms with van der Waals surface area (Å²) in [6.07, 6.45) is 2.57. The number of nitrogens with zero attached hydrogens (tertiary/aromatic N) is 3. The largest absolute Gasteiger partial charge is 0.379 e. The van der Waals surface area contributed by atoms with Gasteiger partial charge in [-0.05, 0) is 19.4 Å². The third-order valence-corrected chi connectivity index (χ3v) is 7.05. The van der Waals surface area contributed by atoms with Crippen LogP contribution in [0.4, 0.5) is 5.82 Å². The Morgan fingerprint density at radius 2 is 2.29 bits per heavy atom. The number of carbonyl (C=O) groups excluding carboxylic acids is 1. The van der Waals surface area contributed by atoms with Crippen LogP contribution in [0.15, 0.2) is 33.5 Å². The Bertz CT molecular complexity index is 1000. The van der Waals surface area contributed by atoms with Gasteiger partial charge in [0, 0.05) is 36.4 Å². The predicted octanol–water partition coefficient (Wildman–Crippen LogP) is 1.78. The molecule has 4 rings (SSSR count). The molecule has 1 fully saturated rings. The van der Waals surface area contributed by atoms with Gasteiger partial charge in [0.15, 0.2) is 5.17 Å². The number of nitrogens with one attached hydrogen (secondary N) is 1. The number of anilines is 1. The third kappa shape index (κ3) is 3.47. The molecule has 0 aromatic carbocycles. The second-order valence-electron chi connectivity index (χ2n) is 7.10. The van der Waals surface area contributed by atoms with Crippen molar-refractivity contribution in [1.29, 1.82) is 0 Å². The summed E-state index contributed by atoms with van der Waals surface area (Å²) in [5, 5.41) is 5.93. The number of fused-ring (bicyclic) bond motifs is 1. The Morgan fingerprint density at radius 3 is 3.07 bits per heavy atom. The summed E-state index contributed by atoms with van der Waals surface area (Å²) in [5.74, 6) is 1.30. The van der Waals surface area contributed by atoms with Gasteiger partial charge in [-0.25, -0.2) is 9.98 Å². The summed E-state index contributed by atoms with van der Waals surface area (Å²) in [5.41, 5.74) is 5.65. The van der Waals surface area contributed by atoms with Crippen LogP contribution >= 0.6 is 23.1 Å². The lowest BCUT2D eigenvalue weighted by molar-refractivity contribution is -0.0466. The Morgan fingerprint density at radius 1 is 1.46 bits per heavy atom. The lowest BCUT2D eigenvalue weighted by Gasteiger charge is -2.44. The van der Waals surface area contributed by atoms with Gasteiger partial charge in [0.2, 0.25) is 5.56 Å². The second-order valence-corrected chi connectivity index (χ2v) is 9.00. The first-order chi connectivity index (χ1) is 13.4. The summed E-state index contributed by atoms with van der Waals surface area (Å²) in [4.78, 5) is 33.4. The number of amides is 1. The van der Waals surface area contributed by atoms with Crippen molar-refractivity contribution < 1.29 is 9.53 Å². The van der Waals surface area contributed by atoms with Crippen LogP contribution in [0.3, 0.4) is 0 Å². The van der Waals surface area contributed by atoms with E-state index in [0.717, 1.165) is 17.2 Å². The van der Waals surface area contributed by atoms with E-state index in [4.69, 9.17) is 15.5 Å². The predicted molar refractivity (Wildman–Crippen MR) is 111 cm³/mol. The number of hydrogen-bond acceptors (Lipinski definition) is 8. The SMILES string of the molecule is C[C@H]1C[C@H]2CSC(N)=N[C@@]2(c2nc(NC(=O)c3ccc(=O)n(C)c3)cs2)CO1. The van der Waals surface area contributed by atoms with Gasteiger partial charge in [0.1, 0.15) is 16.4 Å². The van der Waals surface area contributed by atoms with E-state index in [1.165, 1.54) is 34.2 Å². The quantitative estimate of drug-likeness (QED) is 0.784. The zero-order valence-electron chi connectivity index (χ0n) is 15.5. The molecule has 10 heteroatoms. The van der Waals surface area contributed by atoms with Gasteiger partial charge in [-0.2, -0.15) is 0 Å². The lowest BCUT2D eigenvalue weighted by Crippen LogP contribution is -2.49. The third-order valence-electron chi connectivity index (χ3n) is 5.09. The summed E-state index contributed by atoms with van der Waals surface area (Å²) in [7, 11) is 1.60. The van der Waals surface area contributed by atoms with Crippen LogP contribution in [0.1, 0.15) is 28.7 Å². The molecule has 0 aliphatic carbocycles. The lowest BCUT2D eigenvalue weighted by atomic mass is 9.80. The molecule has 2 aliphatic heterocycles. The number of rotatable bonds is 3. The van der Waals surface area contributed by atoms with Gasteiger partial charge >= 0.3 is 0 Å². The van der Waals surface area contributed by atoms with Gasteiger partial charge < -0.3 is 20.4 Å². The summed E-state index contributed by atoms with van der Waals surface area (Å²) < 4.78 is 7.28. The molecule has 0 saturated carbocycles. The maximum atomic E-state index is 12.5. The van der Waals surface area contributed by atoms with E-state index in [9.17, 15) is 9.59 Å². The van der Waals surface area contributed by atoms with Crippen LogP contribution in [0.2, 0.25) is 0 Å². The Labute approximate surface area is 170 Å². The van der Waals surface area contributed by atoms with Crippen LogP contribution in [0, 0.1) is 5.92 Å². The first-order valence-corrected chi connectivity index (χ1v) is 10.8. The van der Waals surface area contributed by atoms with Crippen LogP contribution in [-0.2, 0) is 17.3 Å². The second kappa shape index (κ2) is 7.34. The number of pyridine rings is 1. The summed E-state index contributed by atoms with van der Waals surface area (Å²) in [6, 6.07) is 2.86. The highest BCUT2D eigenvalue weighted by Crippen LogP contribution is 2.46. The number of thiazole rings is 1. The molecule has 0 bridgehead atoms. The molecule has 2 aromatic rings.